The van der Waals surface area contributed by atoms with Crippen molar-refractivity contribution in [2.75, 3.05) is 5.73 Å². The van der Waals surface area contributed by atoms with Gasteiger partial charge in [-0.3, -0.25) is 4.98 Å². The summed E-state index contributed by atoms with van der Waals surface area (Å²) in [6.07, 6.45) is 3.50. The van der Waals surface area contributed by atoms with Crippen molar-refractivity contribution < 1.29 is 4.74 Å². The first kappa shape index (κ1) is 15.1. The highest BCUT2D eigenvalue weighted by molar-refractivity contribution is 5.78. The van der Waals surface area contributed by atoms with Gasteiger partial charge in [-0.25, -0.2) is 4.98 Å². The number of nitrogen functional groups attached to an aromatic ring is 1. The second-order valence-electron chi connectivity index (χ2n) is 5.77. The highest BCUT2D eigenvalue weighted by atomic mass is 16.5. The highest BCUT2D eigenvalue weighted by Crippen LogP contribution is 2.29. The molecule has 0 saturated heterocycles. The zero-order valence-electron chi connectivity index (χ0n) is 13.6. The van der Waals surface area contributed by atoms with Crippen molar-refractivity contribution in [3.8, 4) is 16.9 Å². The molecule has 2 N–H and O–H groups in total. The molecule has 0 atom stereocenters. The van der Waals surface area contributed by atoms with Gasteiger partial charge in [0.25, 0.3) is 0 Å². The number of nitrogens with two attached hydrogens (primary N) is 1. The van der Waals surface area contributed by atoms with Crippen LogP contribution in [-0.2, 0) is 6.61 Å². The van der Waals surface area contributed by atoms with Crippen molar-refractivity contribution >= 4 is 16.6 Å². The maximum absolute atomic E-state index is 6.10. The molecule has 0 radical (unpaired) electrons. The maximum atomic E-state index is 6.10. The first-order valence-corrected chi connectivity index (χ1v) is 8.07. The molecule has 0 bridgehead atoms. The van der Waals surface area contributed by atoms with Gasteiger partial charge in [0, 0.05) is 29.0 Å². The predicted molar refractivity (Wildman–Crippen MR) is 100 cm³/mol. The van der Waals surface area contributed by atoms with E-state index in [9.17, 15) is 0 Å². The molecule has 0 spiro atoms. The summed E-state index contributed by atoms with van der Waals surface area (Å²) in [5.41, 5.74) is 10.6. The molecular formula is C21H17N3O. The lowest BCUT2D eigenvalue weighted by Crippen LogP contribution is -1.99. The molecule has 0 aliphatic rings. The summed E-state index contributed by atoms with van der Waals surface area (Å²) in [4.78, 5) is 8.67. The Labute approximate surface area is 145 Å². The van der Waals surface area contributed by atoms with E-state index in [2.05, 4.69) is 16.0 Å². The van der Waals surface area contributed by atoms with Crippen LogP contribution < -0.4 is 10.5 Å². The minimum absolute atomic E-state index is 0.407. The van der Waals surface area contributed by atoms with E-state index in [1.807, 2.05) is 60.7 Å². The Morgan fingerprint density at radius 1 is 0.880 bits per heavy atom. The Morgan fingerprint density at radius 3 is 2.60 bits per heavy atom. The molecule has 122 valence electrons. The number of benzene rings is 2. The quantitative estimate of drug-likeness (QED) is 0.562. The molecule has 4 rings (SSSR count). The van der Waals surface area contributed by atoms with Crippen LogP contribution in [-0.4, -0.2) is 9.97 Å². The molecule has 0 amide bonds. The summed E-state index contributed by atoms with van der Waals surface area (Å²) >= 11 is 0. The normalized spacial score (nSPS) is 10.7. The van der Waals surface area contributed by atoms with Crippen molar-refractivity contribution in [2.24, 2.45) is 0 Å². The number of ether oxygens (including phenoxy) is 1. The SMILES string of the molecule is Nc1ccc(OCc2ccc3ccccc3n2)cc1-c1ccncc1. The summed E-state index contributed by atoms with van der Waals surface area (Å²) in [5.74, 6) is 0.760. The van der Waals surface area contributed by atoms with Gasteiger partial charge >= 0.3 is 0 Å². The largest absolute Gasteiger partial charge is 0.487 e. The fourth-order valence-electron chi connectivity index (χ4n) is 2.75. The van der Waals surface area contributed by atoms with Crippen molar-refractivity contribution in [2.45, 2.75) is 6.61 Å². The number of pyridine rings is 2. The maximum Gasteiger partial charge on any atom is 0.130 e. The Bertz CT molecular complexity index is 1020. The molecule has 2 aromatic carbocycles. The monoisotopic (exact) mass is 327 g/mol. The molecule has 0 fully saturated rings. The smallest absolute Gasteiger partial charge is 0.130 e. The number of aromatic nitrogens is 2. The van der Waals surface area contributed by atoms with Crippen molar-refractivity contribution in [3.05, 3.63) is 84.8 Å². The van der Waals surface area contributed by atoms with Gasteiger partial charge < -0.3 is 10.5 Å². The van der Waals surface area contributed by atoms with Crippen LogP contribution in [0, 0.1) is 0 Å². The van der Waals surface area contributed by atoms with Gasteiger partial charge in [-0.15, -0.1) is 0 Å². The molecule has 4 nitrogen and oxygen atoms in total. The lowest BCUT2D eigenvalue weighted by atomic mass is 10.1. The third-order valence-electron chi connectivity index (χ3n) is 4.06. The molecule has 0 saturated carbocycles. The minimum Gasteiger partial charge on any atom is -0.487 e. The van der Waals surface area contributed by atoms with Gasteiger partial charge in [-0.05, 0) is 48.0 Å². The van der Waals surface area contributed by atoms with Gasteiger partial charge in [-0.1, -0.05) is 24.3 Å². The molecule has 0 unspecified atom stereocenters. The molecule has 0 aliphatic heterocycles. The summed E-state index contributed by atoms with van der Waals surface area (Å²) in [6, 6.07) is 21.6. The minimum atomic E-state index is 0.407. The summed E-state index contributed by atoms with van der Waals surface area (Å²) in [6.45, 7) is 0.407. The third-order valence-corrected chi connectivity index (χ3v) is 4.06. The van der Waals surface area contributed by atoms with E-state index in [0.29, 0.717) is 12.3 Å². The number of nitrogens with zero attached hydrogens (tertiary/aromatic N) is 2. The zero-order chi connectivity index (χ0) is 17.1. The van der Waals surface area contributed by atoms with Crippen molar-refractivity contribution in [1.29, 1.82) is 0 Å². The Hall–Kier alpha value is -3.40. The van der Waals surface area contributed by atoms with Crippen molar-refractivity contribution in [1.82, 2.24) is 9.97 Å². The Morgan fingerprint density at radius 2 is 1.72 bits per heavy atom. The number of rotatable bonds is 4. The van der Waals surface area contributed by atoms with E-state index in [1.165, 1.54) is 0 Å². The van der Waals surface area contributed by atoms with Crippen LogP contribution in [0.5, 0.6) is 5.75 Å². The second-order valence-corrected chi connectivity index (χ2v) is 5.77. The first-order chi connectivity index (χ1) is 12.3. The summed E-state index contributed by atoms with van der Waals surface area (Å²) in [5, 5.41) is 1.12. The summed E-state index contributed by atoms with van der Waals surface area (Å²) < 4.78 is 5.92. The van der Waals surface area contributed by atoms with Gasteiger partial charge in [-0.2, -0.15) is 0 Å². The van der Waals surface area contributed by atoms with Crippen molar-refractivity contribution in [3.63, 3.8) is 0 Å². The van der Waals surface area contributed by atoms with E-state index < -0.39 is 0 Å². The Balaban J connectivity index is 1.56. The number of anilines is 1. The average Bonchev–Trinajstić information content (AvgIpc) is 2.68. The zero-order valence-corrected chi connectivity index (χ0v) is 13.6. The van der Waals surface area contributed by atoms with Crippen LogP contribution in [0.4, 0.5) is 5.69 Å². The average molecular weight is 327 g/mol. The number of para-hydroxylation sites is 1. The number of fused-ring (bicyclic) bond motifs is 1. The molecule has 4 heteroatoms. The van der Waals surface area contributed by atoms with Crippen LogP contribution in [0.3, 0.4) is 0 Å². The lowest BCUT2D eigenvalue weighted by molar-refractivity contribution is 0.302. The van der Waals surface area contributed by atoms with E-state index in [4.69, 9.17) is 10.5 Å². The topological polar surface area (TPSA) is 61.0 Å². The Kier molecular flexibility index (Phi) is 4.01. The van der Waals surface area contributed by atoms with E-state index in [-0.39, 0.29) is 0 Å². The van der Waals surface area contributed by atoms with Crippen LogP contribution in [0.2, 0.25) is 0 Å². The van der Waals surface area contributed by atoms with Crippen LogP contribution in [0.15, 0.2) is 79.1 Å². The van der Waals surface area contributed by atoms with E-state index in [1.54, 1.807) is 12.4 Å². The lowest BCUT2D eigenvalue weighted by Gasteiger charge is -2.11. The van der Waals surface area contributed by atoms with Gasteiger partial charge in [0.05, 0.1) is 11.2 Å². The standard InChI is InChI=1S/C21H17N3O/c22-20-8-7-18(13-19(20)15-9-11-23-12-10-15)25-14-17-6-5-16-3-1-2-4-21(16)24-17/h1-13H,14,22H2. The first-order valence-electron chi connectivity index (χ1n) is 8.07. The summed E-state index contributed by atoms with van der Waals surface area (Å²) in [7, 11) is 0. The van der Waals surface area contributed by atoms with Gasteiger partial charge in [0.2, 0.25) is 0 Å². The number of hydrogen-bond donors (Lipinski definition) is 1. The van der Waals surface area contributed by atoms with Gasteiger partial charge in [0.15, 0.2) is 0 Å². The van der Waals surface area contributed by atoms with Crippen LogP contribution >= 0.6 is 0 Å². The molecule has 2 heterocycles. The third kappa shape index (κ3) is 3.28. The fourth-order valence-corrected chi connectivity index (χ4v) is 2.75. The van der Waals surface area contributed by atoms with Crippen LogP contribution in [0.1, 0.15) is 5.69 Å². The molecule has 2 aromatic heterocycles. The van der Waals surface area contributed by atoms with E-state index in [0.717, 1.165) is 33.5 Å². The van der Waals surface area contributed by atoms with Crippen LogP contribution in [0.25, 0.3) is 22.0 Å². The molecule has 0 aliphatic carbocycles. The second kappa shape index (κ2) is 6.61. The fraction of sp³-hybridized carbons (Fsp3) is 0.0476. The predicted octanol–water partition coefficient (Wildman–Crippen LogP) is 4.46. The molecule has 4 aromatic rings. The van der Waals surface area contributed by atoms with E-state index >= 15 is 0 Å². The molecular weight excluding hydrogens is 310 g/mol. The number of hydrogen-bond acceptors (Lipinski definition) is 4. The van der Waals surface area contributed by atoms with Gasteiger partial charge in [0.1, 0.15) is 12.4 Å². The highest BCUT2D eigenvalue weighted by Gasteiger charge is 2.06. The molecule has 25 heavy (non-hydrogen) atoms.